The summed E-state index contributed by atoms with van der Waals surface area (Å²) in [4.78, 5) is 37.2. The molecule has 0 unspecified atom stereocenters. The number of nitrogens with one attached hydrogen (secondary N) is 2. The van der Waals surface area contributed by atoms with Crippen LogP contribution in [-0.4, -0.2) is 24.4 Å². The van der Waals surface area contributed by atoms with E-state index in [0.717, 1.165) is 41.7 Å². The van der Waals surface area contributed by atoms with Crippen LogP contribution in [0.15, 0.2) is 30.3 Å². The van der Waals surface area contributed by atoms with Crippen molar-refractivity contribution < 1.29 is 19.1 Å². The highest BCUT2D eigenvalue weighted by Gasteiger charge is 2.27. The van der Waals surface area contributed by atoms with Gasteiger partial charge in [0.2, 0.25) is 5.91 Å². The second-order valence-corrected chi connectivity index (χ2v) is 7.54. The molecular weight excluding hydrogens is 364 g/mol. The van der Waals surface area contributed by atoms with Crippen LogP contribution in [0.2, 0.25) is 0 Å². The summed E-state index contributed by atoms with van der Waals surface area (Å²) >= 11 is 1.43. The molecule has 0 radical (unpaired) electrons. The van der Waals surface area contributed by atoms with Crippen molar-refractivity contribution >= 4 is 34.1 Å². The quantitative estimate of drug-likeness (QED) is 0.748. The van der Waals surface area contributed by atoms with Crippen LogP contribution in [0.3, 0.4) is 0 Å². The Morgan fingerprint density at radius 2 is 1.85 bits per heavy atom. The van der Waals surface area contributed by atoms with Gasteiger partial charge in [-0.3, -0.25) is 9.59 Å². The molecule has 1 aromatic carbocycles. The Morgan fingerprint density at radius 3 is 2.59 bits per heavy atom. The van der Waals surface area contributed by atoms with Gasteiger partial charge in [0.25, 0.3) is 5.91 Å². The van der Waals surface area contributed by atoms with Crippen molar-refractivity contribution in [3.8, 4) is 0 Å². The molecule has 0 atom stereocenters. The maximum absolute atomic E-state index is 12.6. The van der Waals surface area contributed by atoms with Gasteiger partial charge < -0.3 is 15.4 Å². The van der Waals surface area contributed by atoms with E-state index in [1.807, 2.05) is 30.3 Å². The molecule has 3 rings (SSSR count). The highest BCUT2D eigenvalue weighted by Crippen LogP contribution is 2.38. The zero-order chi connectivity index (χ0) is 19.2. The van der Waals surface area contributed by atoms with E-state index < -0.39 is 5.97 Å². The fourth-order valence-electron chi connectivity index (χ4n) is 3.08. The van der Waals surface area contributed by atoms with E-state index in [1.54, 1.807) is 0 Å². The zero-order valence-electron chi connectivity index (χ0n) is 15.2. The first kappa shape index (κ1) is 19.1. The monoisotopic (exact) mass is 386 g/mol. The van der Waals surface area contributed by atoms with Crippen LogP contribution in [0.5, 0.6) is 0 Å². The number of amides is 2. The van der Waals surface area contributed by atoms with Gasteiger partial charge in [0.1, 0.15) is 5.00 Å². The number of ether oxygens (including phenoxy) is 1. The van der Waals surface area contributed by atoms with E-state index in [-0.39, 0.29) is 18.4 Å². The standard InChI is InChI=1S/C20H22N2O4S/c1-13(23)22-19-18(15-9-5-6-10-16(15)27-19)20(25)26-12-17(24)21-11-14-7-3-2-4-8-14/h2-4,7-8H,5-6,9-12H2,1H3,(H,21,24)(H,22,23). The Hall–Kier alpha value is -2.67. The van der Waals surface area contributed by atoms with Crippen molar-refractivity contribution in [2.45, 2.75) is 39.2 Å². The molecule has 27 heavy (non-hydrogen) atoms. The molecule has 7 heteroatoms. The SMILES string of the molecule is CC(=O)Nc1sc2c(c1C(=O)OCC(=O)NCc1ccccc1)CCCC2. The zero-order valence-corrected chi connectivity index (χ0v) is 16.0. The van der Waals surface area contributed by atoms with E-state index >= 15 is 0 Å². The molecule has 0 bridgehead atoms. The molecule has 0 aliphatic heterocycles. The summed E-state index contributed by atoms with van der Waals surface area (Å²) in [6, 6.07) is 9.50. The maximum atomic E-state index is 12.6. The summed E-state index contributed by atoms with van der Waals surface area (Å²) < 4.78 is 5.23. The molecule has 2 amide bonds. The number of esters is 1. The molecule has 1 aromatic heterocycles. The lowest BCUT2D eigenvalue weighted by Crippen LogP contribution is -2.28. The van der Waals surface area contributed by atoms with E-state index in [9.17, 15) is 14.4 Å². The number of hydrogen-bond acceptors (Lipinski definition) is 5. The van der Waals surface area contributed by atoms with Crippen LogP contribution in [-0.2, 0) is 33.7 Å². The van der Waals surface area contributed by atoms with Crippen LogP contribution < -0.4 is 10.6 Å². The van der Waals surface area contributed by atoms with E-state index in [4.69, 9.17) is 4.74 Å². The maximum Gasteiger partial charge on any atom is 0.341 e. The molecule has 2 aromatic rings. The predicted octanol–water partition coefficient (Wildman–Crippen LogP) is 3.06. The van der Waals surface area contributed by atoms with E-state index in [1.165, 1.54) is 18.3 Å². The van der Waals surface area contributed by atoms with Crippen LogP contribution in [0, 0.1) is 0 Å². The van der Waals surface area contributed by atoms with Gasteiger partial charge in [0.15, 0.2) is 6.61 Å². The summed E-state index contributed by atoms with van der Waals surface area (Å²) in [5.74, 6) is -1.16. The Morgan fingerprint density at radius 1 is 1.11 bits per heavy atom. The van der Waals surface area contributed by atoms with Crippen molar-refractivity contribution in [2.75, 3.05) is 11.9 Å². The molecule has 0 saturated carbocycles. The highest BCUT2D eigenvalue weighted by atomic mass is 32.1. The summed E-state index contributed by atoms with van der Waals surface area (Å²) in [6.07, 6.45) is 3.76. The summed E-state index contributed by atoms with van der Waals surface area (Å²) in [5, 5.41) is 5.97. The molecule has 1 aliphatic rings. The minimum absolute atomic E-state index is 0.233. The van der Waals surface area contributed by atoms with Crippen molar-refractivity contribution in [3.63, 3.8) is 0 Å². The van der Waals surface area contributed by atoms with Crippen LogP contribution >= 0.6 is 11.3 Å². The lowest BCUT2D eigenvalue weighted by molar-refractivity contribution is -0.124. The molecule has 142 valence electrons. The number of fused-ring (bicyclic) bond motifs is 1. The van der Waals surface area contributed by atoms with Crippen molar-refractivity contribution in [3.05, 3.63) is 51.9 Å². The molecule has 0 saturated heterocycles. The average molecular weight is 386 g/mol. The van der Waals surface area contributed by atoms with Crippen LogP contribution in [0.25, 0.3) is 0 Å². The van der Waals surface area contributed by atoms with Gasteiger partial charge >= 0.3 is 5.97 Å². The van der Waals surface area contributed by atoms with Gasteiger partial charge in [-0.05, 0) is 36.8 Å². The summed E-state index contributed by atoms with van der Waals surface area (Å²) in [6.45, 7) is 1.43. The van der Waals surface area contributed by atoms with Gasteiger partial charge in [0.05, 0.1) is 5.56 Å². The molecule has 1 heterocycles. The first-order chi connectivity index (χ1) is 13.0. The van der Waals surface area contributed by atoms with Crippen LogP contribution in [0.1, 0.15) is 46.1 Å². The summed E-state index contributed by atoms with van der Waals surface area (Å²) in [7, 11) is 0. The minimum Gasteiger partial charge on any atom is -0.452 e. The van der Waals surface area contributed by atoms with Crippen LogP contribution in [0.4, 0.5) is 5.00 Å². The number of aryl methyl sites for hydroxylation is 1. The smallest absolute Gasteiger partial charge is 0.341 e. The Kier molecular flexibility index (Phi) is 6.24. The third-order valence-corrected chi connectivity index (χ3v) is 5.54. The molecule has 2 N–H and O–H groups in total. The van der Waals surface area contributed by atoms with Gasteiger partial charge in [-0.2, -0.15) is 0 Å². The van der Waals surface area contributed by atoms with Crippen molar-refractivity contribution in [1.82, 2.24) is 5.32 Å². The van der Waals surface area contributed by atoms with Gasteiger partial charge in [-0.15, -0.1) is 11.3 Å². The first-order valence-electron chi connectivity index (χ1n) is 8.94. The number of rotatable bonds is 6. The highest BCUT2D eigenvalue weighted by molar-refractivity contribution is 7.17. The number of thiophene rings is 1. The number of hydrogen-bond donors (Lipinski definition) is 2. The summed E-state index contributed by atoms with van der Waals surface area (Å²) in [5.41, 5.74) is 2.32. The topological polar surface area (TPSA) is 84.5 Å². The second-order valence-electron chi connectivity index (χ2n) is 6.43. The Balaban J connectivity index is 1.62. The first-order valence-corrected chi connectivity index (χ1v) is 9.76. The third-order valence-electron chi connectivity index (χ3n) is 4.33. The Labute approximate surface area is 161 Å². The van der Waals surface area contributed by atoms with Crippen molar-refractivity contribution in [2.24, 2.45) is 0 Å². The lowest BCUT2D eigenvalue weighted by Gasteiger charge is -2.13. The second kappa shape index (κ2) is 8.81. The average Bonchev–Trinajstić information content (AvgIpc) is 3.02. The largest absolute Gasteiger partial charge is 0.452 e. The Bertz CT molecular complexity index is 845. The number of benzene rings is 1. The van der Waals surface area contributed by atoms with E-state index in [2.05, 4.69) is 10.6 Å². The van der Waals surface area contributed by atoms with Crippen molar-refractivity contribution in [1.29, 1.82) is 0 Å². The van der Waals surface area contributed by atoms with Gasteiger partial charge in [-0.25, -0.2) is 4.79 Å². The number of anilines is 1. The van der Waals surface area contributed by atoms with E-state index in [0.29, 0.717) is 17.1 Å². The van der Waals surface area contributed by atoms with Gasteiger partial charge in [-0.1, -0.05) is 30.3 Å². The number of carbonyl (C=O) groups excluding carboxylic acids is 3. The molecule has 0 fully saturated rings. The molecule has 0 spiro atoms. The molecular formula is C20H22N2O4S. The number of carbonyl (C=O) groups is 3. The lowest BCUT2D eigenvalue weighted by atomic mass is 9.95. The van der Waals surface area contributed by atoms with Gasteiger partial charge in [0, 0.05) is 18.3 Å². The normalized spacial score (nSPS) is 12.8. The fraction of sp³-hybridized carbons (Fsp3) is 0.350. The molecule has 1 aliphatic carbocycles. The predicted molar refractivity (Wildman–Crippen MR) is 104 cm³/mol. The third kappa shape index (κ3) is 4.95. The molecule has 6 nitrogen and oxygen atoms in total. The fourth-order valence-corrected chi connectivity index (χ4v) is 4.40. The minimum atomic E-state index is -0.562.